The highest BCUT2D eigenvalue weighted by Gasteiger charge is 2.10. The average molecular weight is 230 g/mol. The third kappa shape index (κ3) is 3.23. The first-order valence-corrected chi connectivity index (χ1v) is 5.39. The summed E-state index contributed by atoms with van der Waals surface area (Å²) < 4.78 is 9.84. The summed E-state index contributed by atoms with van der Waals surface area (Å²) in [6, 6.07) is 17.3. The van der Waals surface area contributed by atoms with E-state index in [-0.39, 0.29) is 6.79 Å². The summed E-state index contributed by atoms with van der Waals surface area (Å²) in [7, 11) is 0. The summed E-state index contributed by atoms with van der Waals surface area (Å²) in [5, 5.41) is 8.30. The van der Waals surface area contributed by atoms with Gasteiger partial charge in [0.15, 0.2) is 6.79 Å². The Kier molecular flexibility index (Phi) is 4.00. The van der Waals surface area contributed by atoms with Crippen molar-refractivity contribution in [3.63, 3.8) is 0 Å². The molecular formula is C14H14O3. The number of fused-ring (bicyclic) bond motifs is 1. The van der Waals surface area contributed by atoms with Crippen LogP contribution >= 0.6 is 0 Å². The van der Waals surface area contributed by atoms with Gasteiger partial charge in [-0.05, 0) is 18.2 Å². The van der Waals surface area contributed by atoms with Crippen molar-refractivity contribution >= 4 is 0 Å². The second kappa shape index (κ2) is 5.92. The molecule has 0 bridgehead atoms. The topological polar surface area (TPSA) is 38.7 Å². The molecule has 3 heteroatoms. The molecule has 0 radical (unpaired) electrons. The molecule has 0 amide bonds. The van der Waals surface area contributed by atoms with Gasteiger partial charge in [-0.25, -0.2) is 0 Å². The zero-order valence-electron chi connectivity index (χ0n) is 9.37. The van der Waals surface area contributed by atoms with Gasteiger partial charge in [0.1, 0.15) is 18.1 Å². The summed E-state index contributed by atoms with van der Waals surface area (Å²) in [6.45, 7) is 0.542. The van der Waals surface area contributed by atoms with Crippen molar-refractivity contribution in [1.82, 2.24) is 0 Å². The van der Waals surface area contributed by atoms with Gasteiger partial charge in [-0.15, -0.1) is 0 Å². The van der Waals surface area contributed by atoms with Gasteiger partial charge in [0.05, 0.1) is 0 Å². The maximum atomic E-state index is 8.30. The Balaban J connectivity index is 0.000000127. The predicted molar refractivity (Wildman–Crippen MR) is 64.9 cm³/mol. The number of aliphatic hydroxyl groups is 1. The van der Waals surface area contributed by atoms with Crippen LogP contribution in [0.2, 0.25) is 0 Å². The van der Waals surface area contributed by atoms with Crippen molar-refractivity contribution in [1.29, 1.82) is 0 Å². The summed E-state index contributed by atoms with van der Waals surface area (Å²) in [5.41, 5.74) is 1.33. The SMILES string of the molecule is OCOc1ccccc1.c1ccc2c(c1)CO2. The lowest BCUT2D eigenvalue weighted by molar-refractivity contribution is 0.0985. The maximum absolute atomic E-state index is 8.30. The Morgan fingerprint density at radius 1 is 1.00 bits per heavy atom. The number of aliphatic hydroxyl groups excluding tert-OH is 1. The molecule has 1 heterocycles. The monoisotopic (exact) mass is 230 g/mol. The van der Waals surface area contributed by atoms with E-state index < -0.39 is 0 Å². The van der Waals surface area contributed by atoms with E-state index in [9.17, 15) is 0 Å². The highest BCUT2D eigenvalue weighted by molar-refractivity contribution is 5.37. The molecule has 2 aromatic rings. The standard InChI is InChI=1S/C7H8O2.C7H6O/c8-6-9-7-4-2-1-3-5-7;1-2-4-7-6(3-1)5-8-7/h1-5,8H,6H2;1-4H,5H2. The molecule has 1 aliphatic rings. The predicted octanol–water partition coefficient (Wildman–Crippen LogP) is 2.59. The number of para-hydroxylation sites is 2. The van der Waals surface area contributed by atoms with E-state index in [0.717, 1.165) is 12.4 Å². The van der Waals surface area contributed by atoms with Crippen LogP contribution in [0.15, 0.2) is 54.6 Å². The van der Waals surface area contributed by atoms with Crippen LogP contribution in [0, 0.1) is 0 Å². The van der Waals surface area contributed by atoms with Crippen LogP contribution in [-0.2, 0) is 6.61 Å². The first kappa shape index (κ1) is 11.5. The van der Waals surface area contributed by atoms with Crippen LogP contribution < -0.4 is 9.47 Å². The lowest BCUT2D eigenvalue weighted by Crippen LogP contribution is -2.07. The van der Waals surface area contributed by atoms with Gasteiger partial charge in [0.2, 0.25) is 0 Å². The van der Waals surface area contributed by atoms with E-state index in [1.54, 1.807) is 12.1 Å². The second-order valence-electron chi connectivity index (χ2n) is 3.48. The van der Waals surface area contributed by atoms with Gasteiger partial charge < -0.3 is 14.6 Å². The zero-order valence-corrected chi connectivity index (χ0v) is 9.37. The Hall–Kier alpha value is -2.00. The minimum Gasteiger partial charge on any atom is -0.488 e. The Morgan fingerprint density at radius 3 is 2.18 bits per heavy atom. The Labute approximate surface area is 100 Å². The molecule has 0 spiro atoms. The van der Waals surface area contributed by atoms with Crippen molar-refractivity contribution in [3.8, 4) is 11.5 Å². The number of hydrogen-bond acceptors (Lipinski definition) is 3. The van der Waals surface area contributed by atoms with E-state index in [0.29, 0.717) is 5.75 Å². The van der Waals surface area contributed by atoms with E-state index in [1.807, 2.05) is 36.4 Å². The number of hydrogen-bond donors (Lipinski definition) is 1. The molecule has 0 saturated heterocycles. The lowest BCUT2D eigenvalue weighted by Gasteiger charge is -2.18. The van der Waals surface area contributed by atoms with Crippen molar-refractivity contribution in [2.75, 3.05) is 6.79 Å². The van der Waals surface area contributed by atoms with Gasteiger partial charge in [0, 0.05) is 5.56 Å². The maximum Gasteiger partial charge on any atom is 0.186 e. The van der Waals surface area contributed by atoms with Gasteiger partial charge in [-0.1, -0.05) is 36.4 Å². The van der Waals surface area contributed by atoms with Crippen LogP contribution in [0.4, 0.5) is 0 Å². The summed E-state index contributed by atoms with van der Waals surface area (Å²) in [4.78, 5) is 0. The largest absolute Gasteiger partial charge is 0.488 e. The molecule has 17 heavy (non-hydrogen) atoms. The third-order valence-electron chi connectivity index (χ3n) is 2.33. The molecule has 88 valence electrons. The fraction of sp³-hybridized carbons (Fsp3) is 0.143. The molecule has 2 aromatic carbocycles. The molecule has 1 N–H and O–H groups in total. The minimum atomic E-state index is -0.260. The zero-order chi connectivity index (χ0) is 11.9. The first-order chi connectivity index (χ1) is 8.40. The fourth-order valence-electron chi connectivity index (χ4n) is 1.43. The van der Waals surface area contributed by atoms with E-state index >= 15 is 0 Å². The third-order valence-corrected chi connectivity index (χ3v) is 2.33. The van der Waals surface area contributed by atoms with Crippen LogP contribution in [-0.4, -0.2) is 11.9 Å². The molecule has 0 aromatic heterocycles. The van der Waals surface area contributed by atoms with Gasteiger partial charge in [-0.2, -0.15) is 0 Å². The quantitative estimate of drug-likeness (QED) is 0.806. The number of ether oxygens (including phenoxy) is 2. The molecule has 3 rings (SSSR count). The van der Waals surface area contributed by atoms with Gasteiger partial charge >= 0.3 is 0 Å². The first-order valence-electron chi connectivity index (χ1n) is 5.39. The van der Waals surface area contributed by atoms with Crippen LogP contribution in [0.5, 0.6) is 11.5 Å². The smallest absolute Gasteiger partial charge is 0.186 e. The molecule has 0 atom stereocenters. The molecule has 0 saturated carbocycles. The number of benzene rings is 2. The Morgan fingerprint density at radius 2 is 1.71 bits per heavy atom. The van der Waals surface area contributed by atoms with Crippen molar-refractivity contribution < 1.29 is 14.6 Å². The van der Waals surface area contributed by atoms with Gasteiger partial charge in [-0.3, -0.25) is 0 Å². The second-order valence-corrected chi connectivity index (χ2v) is 3.48. The van der Waals surface area contributed by atoms with E-state index in [4.69, 9.17) is 14.6 Å². The molecule has 3 nitrogen and oxygen atoms in total. The normalized spacial score (nSPS) is 11.1. The highest BCUT2D eigenvalue weighted by Crippen LogP contribution is 2.27. The summed E-state index contributed by atoms with van der Waals surface area (Å²) in [5.74, 6) is 1.74. The van der Waals surface area contributed by atoms with Crippen molar-refractivity contribution in [3.05, 3.63) is 60.2 Å². The lowest BCUT2D eigenvalue weighted by atomic mass is 10.1. The molecule has 0 fully saturated rings. The molecular weight excluding hydrogens is 216 g/mol. The fourth-order valence-corrected chi connectivity index (χ4v) is 1.43. The van der Waals surface area contributed by atoms with Crippen LogP contribution in [0.1, 0.15) is 5.56 Å². The average Bonchev–Trinajstić information content (AvgIpc) is 2.34. The molecule has 1 aliphatic heterocycles. The Bertz CT molecular complexity index is 431. The summed E-state index contributed by atoms with van der Waals surface area (Å²) in [6.07, 6.45) is 0. The van der Waals surface area contributed by atoms with E-state index in [1.165, 1.54) is 5.56 Å². The van der Waals surface area contributed by atoms with Gasteiger partial charge in [0.25, 0.3) is 0 Å². The number of rotatable bonds is 2. The molecule has 0 unspecified atom stereocenters. The van der Waals surface area contributed by atoms with Crippen molar-refractivity contribution in [2.45, 2.75) is 6.61 Å². The summed E-state index contributed by atoms with van der Waals surface area (Å²) >= 11 is 0. The van der Waals surface area contributed by atoms with Crippen LogP contribution in [0.25, 0.3) is 0 Å². The molecule has 0 aliphatic carbocycles. The van der Waals surface area contributed by atoms with Crippen LogP contribution in [0.3, 0.4) is 0 Å². The van der Waals surface area contributed by atoms with Crippen molar-refractivity contribution in [2.24, 2.45) is 0 Å². The highest BCUT2D eigenvalue weighted by atomic mass is 16.6. The van der Waals surface area contributed by atoms with E-state index in [2.05, 4.69) is 6.07 Å². The minimum absolute atomic E-state index is 0.260.